The number of nitrogens with two attached hydrogens (primary N) is 1. The molecule has 1 heterocycles. The summed E-state index contributed by atoms with van der Waals surface area (Å²) in [6.45, 7) is 1.59. The molecule has 6 heteroatoms. The number of halogens is 1. The van der Waals surface area contributed by atoms with Gasteiger partial charge in [-0.3, -0.25) is 0 Å². The minimum absolute atomic E-state index is 0.277. The van der Waals surface area contributed by atoms with Gasteiger partial charge in [-0.2, -0.15) is 5.26 Å². The summed E-state index contributed by atoms with van der Waals surface area (Å²) in [6.07, 6.45) is -0.731. The third kappa shape index (κ3) is 2.80. The zero-order valence-electron chi connectivity index (χ0n) is 12.4. The summed E-state index contributed by atoms with van der Waals surface area (Å²) in [5.74, 6) is 0.0243. The van der Waals surface area contributed by atoms with Gasteiger partial charge in [-0.1, -0.05) is 12.1 Å². The SMILES string of the molecule is CC(O)C(N)c1nc2ccc(-c3ccc(C#N)cc3F)cc2[nH]1. The zero-order valence-corrected chi connectivity index (χ0v) is 12.4. The second kappa shape index (κ2) is 5.80. The molecule has 4 N–H and O–H groups in total. The Hall–Kier alpha value is -2.75. The first-order chi connectivity index (χ1) is 11.0. The van der Waals surface area contributed by atoms with Crippen molar-refractivity contribution in [1.82, 2.24) is 9.97 Å². The second-order valence-electron chi connectivity index (χ2n) is 5.43. The van der Waals surface area contributed by atoms with Crippen molar-refractivity contribution in [2.24, 2.45) is 5.73 Å². The smallest absolute Gasteiger partial charge is 0.132 e. The molecule has 23 heavy (non-hydrogen) atoms. The third-order valence-electron chi connectivity index (χ3n) is 3.74. The van der Waals surface area contributed by atoms with E-state index < -0.39 is 18.0 Å². The average Bonchev–Trinajstić information content (AvgIpc) is 2.96. The molecule has 0 aliphatic carbocycles. The molecular weight excluding hydrogens is 295 g/mol. The molecule has 0 spiro atoms. The predicted molar refractivity (Wildman–Crippen MR) is 84.8 cm³/mol. The number of aromatic nitrogens is 2. The number of H-pyrrole nitrogens is 1. The molecule has 2 aromatic carbocycles. The number of nitriles is 1. The Kier molecular flexibility index (Phi) is 3.82. The molecule has 0 saturated carbocycles. The van der Waals surface area contributed by atoms with E-state index in [4.69, 9.17) is 11.0 Å². The molecule has 2 atom stereocenters. The van der Waals surface area contributed by atoms with Crippen LogP contribution in [0, 0.1) is 17.1 Å². The zero-order chi connectivity index (χ0) is 16.6. The molecule has 0 bridgehead atoms. The lowest BCUT2D eigenvalue weighted by atomic mass is 10.0. The van der Waals surface area contributed by atoms with Gasteiger partial charge in [0, 0.05) is 5.56 Å². The summed E-state index contributed by atoms with van der Waals surface area (Å²) in [5.41, 5.74) is 8.62. The van der Waals surface area contributed by atoms with Crippen molar-refractivity contribution in [2.75, 3.05) is 0 Å². The van der Waals surface area contributed by atoms with E-state index in [1.165, 1.54) is 6.07 Å². The lowest BCUT2D eigenvalue weighted by Gasteiger charge is -2.10. The van der Waals surface area contributed by atoms with Gasteiger partial charge in [0.15, 0.2) is 0 Å². The van der Waals surface area contributed by atoms with E-state index in [1.54, 1.807) is 37.3 Å². The Morgan fingerprint density at radius 3 is 2.74 bits per heavy atom. The normalized spacial score (nSPS) is 13.7. The third-order valence-corrected chi connectivity index (χ3v) is 3.74. The van der Waals surface area contributed by atoms with Crippen LogP contribution in [-0.2, 0) is 0 Å². The van der Waals surface area contributed by atoms with E-state index in [0.717, 1.165) is 0 Å². The highest BCUT2D eigenvalue weighted by Gasteiger charge is 2.16. The fraction of sp³-hybridized carbons (Fsp3) is 0.176. The van der Waals surface area contributed by atoms with E-state index in [1.807, 2.05) is 6.07 Å². The minimum atomic E-state index is -0.731. The summed E-state index contributed by atoms with van der Waals surface area (Å²) in [4.78, 5) is 7.40. The van der Waals surface area contributed by atoms with Crippen molar-refractivity contribution in [2.45, 2.75) is 19.1 Å². The van der Waals surface area contributed by atoms with E-state index in [2.05, 4.69) is 9.97 Å². The fourth-order valence-corrected chi connectivity index (χ4v) is 2.40. The predicted octanol–water partition coefficient (Wildman–Crippen LogP) is 2.62. The van der Waals surface area contributed by atoms with Crippen molar-refractivity contribution >= 4 is 11.0 Å². The van der Waals surface area contributed by atoms with E-state index >= 15 is 0 Å². The maximum absolute atomic E-state index is 14.1. The monoisotopic (exact) mass is 310 g/mol. The molecule has 1 aromatic heterocycles. The number of aliphatic hydroxyl groups excluding tert-OH is 1. The van der Waals surface area contributed by atoms with Crippen molar-refractivity contribution in [3.05, 3.63) is 53.6 Å². The van der Waals surface area contributed by atoms with Gasteiger partial charge in [0.25, 0.3) is 0 Å². The first kappa shape index (κ1) is 15.2. The van der Waals surface area contributed by atoms with Gasteiger partial charge in [-0.05, 0) is 36.8 Å². The van der Waals surface area contributed by atoms with Gasteiger partial charge in [0.1, 0.15) is 11.6 Å². The molecule has 0 aliphatic rings. The molecular formula is C17H15FN4O. The number of rotatable bonds is 3. The molecule has 0 saturated heterocycles. The molecule has 0 aliphatic heterocycles. The van der Waals surface area contributed by atoms with E-state index in [0.29, 0.717) is 28.0 Å². The molecule has 3 rings (SSSR count). The maximum atomic E-state index is 14.1. The number of hydrogen-bond donors (Lipinski definition) is 3. The number of aliphatic hydroxyl groups is 1. The summed E-state index contributed by atoms with van der Waals surface area (Å²) in [5, 5.41) is 18.4. The van der Waals surface area contributed by atoms with Gasteiger partial charge < -0.3 is 15.8 Å². The minimum Gasteiger partial charge on any atom is -0.391 e. The lowest BCUT2D eigenvalue weighted by molar-refractivity contribution is 0.161. The first-order valence-electron chi connectivity index (χ1n) is 7.13. The highest BCUT2D eigenvalue weighted by molar-refractivity contribution is 5.82. The number of nitrogens with zero attached hydrogens (tertiary/aromatic N) is 2. The highest BCUT2D eigenvalue weighted by atomic mass is 19.1. The Morgan fingerprint density at radius 2 is 2.09 bits per heavy atom. The summed E-state index contributed by atoms with van der Waals surface area (Å²) in [7, 11) is 0. The van der Waals surface area contributed by atoms with Crippen LogP contribution in [0.15, 0.2) is 36.4 Å². The Balaban J connectivity index is 2.05. The van der Waals surface area contributed by atoms with Crippen molar-refractivity contribution < 1.29 is 9.50 Å². The maximum Gasteiger partial charge on any atom is 0.132 e. The Labute approximate surface area is 132 Å². The van der Waals surface area contributed by atoms with Crippen molar-refractivity contribution in [3.8, 4) is 17.2 Å². The van der Waals surface area contributed by atoms with Crippen LogP contribution in [0.25, 0.3) is 22.2 Å². The van der Waals surface area contributed by atoms with Crippen LogP contribution in [0.1, 0.15) is 24.4 Å². The fourth-order valence-electron chi connectivity index (χ4n) is 2.40. The van der Waals surface area contributed by atoms with Gasteiger partial charge in [-0.15, -0.1) is 0 Å². The molecule has 116 valence electrons. The Bertz CT molecular complexity index is 911. The Morgan fingerprint density at radius 1 is 1.30 bits per heavy atom. The van der Waals surface area contributed by atoms with Gasteiger partial charge in [0.05, 0.1) is 34.8 Å². The van der Waals surface area contributed by atoms with E-state index in [-0.39, 0.29) is 5.56 Å². The van der Waals surface area contributed by atoms with Crippen LogP contribution in [0.3, 0.4) is 0 Å². The quantitative estimate of drug-likeness (QED) is 0.692. The van der Waals surface area contributed by atoms with Crippen molar-refractivity contribution in [3.63, 3.8) is 0 Å². The highest BCUT2D eigenvalue weighted by Crippen LogP contribution is 2.27. The number of hydrogen-bond acceptors (Lipinski definition) is 4. The standard InChI is InChI=1S/C17H15FN4O/c1-9(23)16(20)17-21-14-5-3-11(7-15(14)22-17)12-4-2-10(8-19)6-13(12)18/h2-7,9,16,23H,20H2,1H3,(H,21,22). The number of imidazole rings is 1. The summed E-state index contributed by atoms with van der Waals surface area (Å²) < 4.78 is 14.1. The average molecular weight is 310 g/mol. The van der Waals surface area contributed by atoms with Gasteiger partial charge in [0.2, 0.25) is 0 Å². The van der Waals surface area contributed by atoms with Crippen LogP contribution in [0.2, 0.25) is 0 Å². The molecule has 5 nitrogen and oxygen atoms in total. The van der Waals surface area contributed by atoms with Crippen LogP contribution < -0.4 is 5.73 Å². The van der Waals surface area contributed by atoms with Crippen LogP contribution >= 0.6 is 0 Å². The molecule has 2 unspecified atom stereocenters. The summed E-state index contributed by atoms with van der Waals surface area (Å²) in [6, 6.07) is 10.9. The summed E-state index contributed by atoms with van der Waals surface area (Å²) >= 11 is 0. The second-order valence-corrected chi connectivity index (χ2v) is 5.43. The number of benzene rings is 2. The molecule has 0 fully saturated rings. The van der Waals surface area contributed by atoms with Crippen LogP contribution in [-0.4, -0.2) is 21.2 Å². The molecule has 0 amide bonds. The van der Waals surface area contributed by atoms with E-state index in [9.17, 15) is 9.50 Å². The topological polar surface area (TPSA) is 98.7 Å². The van der Waals surface area contributed by atoms with Gasteiger partial charge in [-0.25, -0.2) is 9.37 Å². The largest absolute Gasteiger partial charge is 0.391 e. The molecule has 0 radical (unpaired) electrons. The van der Waals surface area contributed by atoms with Crippen LogP contribution in [0.4, 0.5) is 4.39 Å². The van der Waals surface area contributed by atoms with Gasteiger partial charge >= 0.3 is 0 Å². The lowest BCUT2D eigenvalue weighted by Crippen LogP contribution is -2.24. The number of aromatic amines is 1. The number of fused-ring (bicyclic) bond motifs is 1. The van der Waals surface area contributed by atoms with Crippen molar-refractivity contribution in [1.29, 1.82) is 5.26 Å². The molecule has 3 aromatic rings. The number of nitrogens with one attached hydrogen (secondary N) is 1. The van der Waals surface area contributed by atoms with Crippen LogP contribution in [0.5, 0.6) is 0 Å². The first-order valence-corrected chi connectivity index (χ1v) is 7.13.